The monoisotopic (exact) mass is 322 g/mol. The van der Waals surface area contributed by atoms with Gasteiger partial charge in [-0.05, 0) is 48.7 Å². The van der Waals surface area contributed by atoms with Gasteiger partial charge in [0, 0.05) is 11.7 Å². The number of nitrogens with zero attached hydrogens (tertiary/aromatic N) is 4. The van der Waals surface area contributed by atoms with E-state index in [1.807, 2.05) is 47.4 Å². The second kappa shape index (κ2) is 5.96. The number of hydrogen-bond donors (Lipinski definition) is 0. The van der Waals surface area contributed by atoms with Crippen LogP contribution in [0.2, 0.25) is 0 Å². The van der Waals surface area contributed by atoms with E-state index in [1.165, 1.54) is 10.4 Å². The lowest BCUT2D eigenvalue weighted by atomic mass is 9.96. The molecular weight excluding hydrogens is 304 g/mol. The van der Waals surface area contributed by atoms with E-state index in [2.05, 4.69) is 23.3 Å². The van der Waals surface area contributed by atoms with Crippen molar-refractivity contribution in [3.63, 3.8) is 0 Å². The van der Waals surface area contributed by atoms with Gasteiger partial charge in [0.05, 0.1) is 0 Å². The highest BCUT2D eigenvalue weighted by Crippen LogP contribution is 2.30. The Balaban J connectivity index is 1.54. The van der Waals surface area contributed by atoms with Crippen LogP contribution < -0.4 is 9.74 Å². The lowest BCUT2D eigenvalue weighted by molar-refractivity contribution is -0.124. The molecular formula is C18H18N4O2. The minimum absolute atomic E-state index is 0.0748. The van der Waals surface area contributed by atoms with E-state index in [1.54, 1.807) is 0 Å². The topological polar surface area (TPSA) is 60.2 Å². The second-order valence-electron chi connectivity index (χ2n) is 6.00. The molecule has 24 heavy (non-hydrogen) atoms. The van der Waals surface area contributed by atoms with Gasteiger partial charge in [0.25, 0.3) is 5.91 Å². The first kappa shape index (κ1) is 14.7. The van der Waals surface area contributed by atoms with Crippen molar-refractivity contribution in [3.8, 4) is 0 Å². The molecule has 0 radical (unpaired) electrons. The van der Waals surface area contributed by atoms with Crippen molar-refractivity contribution in [2.45, 2.75) is 25.8 Å². The van der Waals surface area contributed by atoms with Gasteiger partial charge in [-0.15, -0.1) is 5.10 Å². The van der Waals surface area contributed by atoms with Crippen LogP contribution in [0.5, 0.6) is 0 Å². The molecule has 3 aromatic rings. The number of aromatic nitrogens is 3. The third-order valence-corrected chi connectivity index (χ3v) is 4.42. The Kier molecular flexibility index (Phi) is 3.65. The van der Waals surface area contributed by atoms with Crippen LogP contribution in [-0.2, 0) is 11.2 Å². The van der Waals surface area contributed by atoms with E-state index < -0.39 is 0 Å². The zero-order chi connectivity index (χ0) is 16.5. The Morgan fingerprint density at radius 3 is 2.92 bits per heavy atom. The number of fused-ring (bicyclic) bond motifs is 2. The van der Waals surface area contributed by atoms with Gasteiger partial charge in [-0.3, -0.25) is 4.79 Å². The molecule has 0 bridgehead atoms. The lowest BCUT2D eigenvalue weighted by Gasteiger charge is -2.35. The molecule has 4 rings (SSSR count). The third kappa shape index (κ3) is 2.50. The van der Waals surface area contributed by atoms with Gasteiger partial charge in [-0.2, -0.15) is 0 Å². The highest BCUT2D eigenvalue weighted by atomic mass is 16.7. The number of benzene rings is 2. The van der Waals surface area contributed by atoms with Gasteiger partial charge in [0.2, 0.25) is 0 Å². The van der Waals surface area contributed by atoms with Gasteiger partial charge >= 0.3 is 0 Å². The first-order valence-corrected chi connectivity index (χ1v) is 8.08. The summed E-state index contributed by atoms with van der Waals surface area (Å²) in [4.78, 5) is 21.5. The first-order valence-electron chi connectivity index (χ1n) is 8.08. The SMILES string of the molecule is C[C@@H]1CCc2ccccc2N1C(=O)COn1nnc2ccccc21. The van der Waals surface area contributed by atoms with E-state index in [4.69, 9.17) is 4.84 Å². The van der Waals surface area contributed by atoms with Crippen LogP contribution in [0, 0.1) is 0 Å². The van der Waals surface area contributed by atoms with Crippen LogP contribution in [0.3, 0.4) is 0 Å². The van der Waals surface area contributed by atoms with Crippen molar-refractivity contribution >= 4 is 22.6 Å². The maximum absolute atomic E-state index is 12.7. The van der Waals surface area contributed by atoms with Gasteiger partial charge in [0.1, 0.15) is 11.0 Å². The molecule has 0 saturated heterocycles. The minimum Gasteiger partial charge on any atom is -0.385 e. The van der Waals surface area contributed by atoms with Crippen LogP contribution in [0.15, 0.2) is 48.5 Å². The highest BCUT2D eigenvalue weighted by molar-refractivity contribution is 5.96. The van der Waals surface area contributed by atoms with Gasteiger partial charge in [0.15, 0.2) is 6.61 Å². The van der Waals surface area contributed by atoms with Gasteiger partial charge in [-0.25, -0.2) is 0 Å². The van der Waals surface area contributed by atoms with E-state index in [0.29, 0.717) is 0 Å². The molecule has 1 atom stereocenters. The Bertz CT molecular complexity index is 889. The molecule has 6 nitrogen and oxygen atoms in total. The Morgan fingerprint density at radius 2 is 2.00 bits per heavy atom. The molecule has 0 saturated carbocycles. The van der Waals surface area contributed by atoms with E-state index in [9.17, 15) is 4.79 Å². The molecule has 2 aromatic carbocycles. The zero-order valence-electron chi connectivity index (χ0n) is 13.4. The van der Waals surface area contributed by atoms with Crippen molar-refractivity contribution in [2.75, 3.05) is 11.5 Å². The normalized spacial score (nSPS) is 16.9. The fourth-order valence-corrected chi connectivity index (χ4v) is 3.20. The van der Waals surface area contributed by atoms with E-state index in [0.717, 1.165) is 29.6 Å². The second-order valence-corrected chi connectivity index (χ2v) is 6.00. The number of rotatable bonds is 3. The summed E-state index contributed by atoms with van der Waals surface area (Å²) in [5.74, 6) is -0.0748. The molecule has 1 aliphatic rings. The summed E-state index contributed by atoms with van der Waals surface area (Å²) in [5.41, 5.74) is 3.67. The summed E-state index contributed by atoms with van der Waals surface area (Å²) >= 11 is 0. The molecule has 0 unspecified atom stereocenters. The van der Waals surface area contributed by atoms with Gasteiger partial charge in [-0.1, -0.05) is 35.2 Å². The van der Waals surface area contributed by atoms with Crippen LogP contribution in [0.25, 0.3) is 11.0 Å². The third-order valence-electron chi connectivity index (χ3n) is 4.42. The number of carbonyl (C=O) groups is 1. The molecule has 0 N–H and O–H groups in total. The van der Waals surface area contributed by atoms with Crippen molar-refractivity contribution in [2.24, 2.45) is 0 Å². The molecule has 2 heterocycles. The first-order chi connectivity index (χ1) is 11.7. The smallest absolute Gasteiger partial charge is 0.268 e. The number of hydrogen-bond acceptors (Lipinski definition) is 4. The highest BCUT2D eigenvalue weighted by Gasteiger charge is 2.28. The van der Waals surface area contributed by atoms with Crippen LogP contribution in [0.1, 0.15) is 18.9 Å². The summed E-state index contributed by atoms with van der Waals surface area (Å²) in [6.45, 7) is 1.99. The summed E-state index contributed by atoms with van der Waals surface area (Å²) in [6, 6.07) is 15.7. The average molecular weight is 322 g/mol. The van der Waals surface area contributed by atoms with Crippen molar-refractivity contribution in [1.29, 1.82) is 0 Å². The standard InChI is InChI=1S/C18H18N4O2/c1-13-10-11-14-6-2-4-8-16(14)21(13)18(23)12-24-22-17-9-5-3-7-15(17)19-20-22/h2-9,13H,10-12H2,1H3/t13-/m1/s1. The molecule has 1 aromatic heterocycles. The summed E-state index contributed by atoms with van der Waals surface area (Å²) in [7, 11) is 0. The number of amides is 1. The maximum atomic E-state index is 12.7. The molecule has 1 amide bonds. The summed E-state index contributed by atoms with van der Waals surface area (Å²) < 4.78 is 0. The van der Waals surface area contributed by atoms with E-state index in [-0.39, 0.29) is 18.6 Å². The minimum atomic E-state index is -0.0774. The van der Waals surface area contributed by atoms with Crippen molar-refractivity contribution < 1.29 is 9.63 Å². The predicted molar refractivity (Wildman–Crippen MR) is 90.7 cm³/mol. The zero-order valence-corrected chi connectivity index (χ0v) is 13.4. The quantitative estimate of drug-likeness (QED) is 0.742. The molecule has 0 aliphatic carbocycles. The molecule has 122 valence electrons. The number of para-hydroxylation sites is 2. The van der Waals surface area contributed by atoms with Crippen LogP contribution in [-0.4, -0.2) is 33.7 Å². The number of carbonyl (C=O) groups excluding carboxylic acids is 1. The Morgan fingerprint density at radius 1 is 1.21 bits per heavy atom. The van der Waals surface area contributed by atoms with E-state index >= 15 is 0 Å². The van der Waals surface area contributed by atoms with Crippen molar-refractivity contribution in [1.82, 2.24) is 15.2 Å². The molecule has 6 heteroatoms. The van der Waals surface area contributed by atoms with Crippen LogP contribution >= 0.6 is 0 Å². The Hall–Kier alpha value is -2.89. The predicted octanol–water partition coefficient (Wildman–Crippen LogP) is 2.23. The Labute approximate surface area is 139 Å². The fraction of sp³-hybridized carbons (Fsp3) is 0.278. The average Bonchev–Trinajstić information content (AvgIpc) is 3.03. The number of aryl methyl sites for hydroxylation is 1. The molecule has 0 fully saturated rings. The summed E-state index contributed by atoms with van der Waals surface area (Å²) in [6.07, 6.45) is 1.95. The van der Waals surface area contributed by atoms with Gasteiger partial charge < -0.3 is 9.74 Å². The summed E-state index contributed by atoms with van der Waals surface area (Å²) in [5, 5.41) is 7.97. The maximum Gasteiger partial charge on any atom is 0.268 e. The fourth-order valence-electron chi connectivity index (χ4n) is 3.20. The molecule has 1 aliphatic heterocycles. The van der Waals surface area contributed by atoms with Crippen LogP contribution in [0.4, 0.5) is 5.69 Å². The number of anilines is 1. The lowest BCUT2D eigenvalue weighted by Crippen LogP contribution is -2.45. The molecule has 0 spiro atoms. The largest absolute Gasteiger partial charge is 0.385 e. The van der Waals surface area contributed by atoms with Crippen molar-refractivity contribution in [3.05, 3.63) is 54.1 Å².